The van der Waals surface area contributed by atoms with Crippen molar-refractivity contribution in [2.45, 2.75) is 11.9 Å². The maximum atomic E-state index is 10.7. The molecule has 21 heavy (non-hydrogen) atoms. The van der Waals surface area contributed by atoms with Crippen molar-refractivity contribution < 1.29 is 9.66 Å². The minimum absolute atomic E-state index is 0.0401. The second-order valence-electron chi connectivity index (χ2n) is 4.21. The number of benzene rings is 2. The van der Waals surface area contributed by atoms with Crippen LogP contribution >= 0.6 is 43.5 Å². The molecule has 0 aromatic heterocycles. The Kier molecular flexibility index (Phi) is 5.61. The zero-order valence-corrected chi connectivity index (χ0v) is 14.6. The predicted molar refractivity (Wildman–Crippen MR) is 89.2 cm³/mol. The van der Waals surface area contributed by atoms with Gasteiger partial charge in [0.1, 0.15) is 12.4 Å². The second kappa shape index (κ2) is 7.24. The van der Waals surface area contributed by atoms with Crippen molar-refractivity contribution in [2.24, 2.45) is 0 Å². The van der Waals surface area contributed by atoms with Gasteiger partial charge in [0.15, 0.2) is 0 Å². The Morgan fingerprint density at radius 3 is 2.57 bits per heavy atom. The zero-order chi connectivity index (χ0) is 15.4. The molecule has 0 aliphatic heterocycles. The minimum Gasteiger partial charge on any atom is -0.489 e. The van der Waals surface area contributed by atoms with E-state index in [9.17, 15) is 10.1 Å². The van der Waals surface area contributed by atoms with Gasteiger partial charge < -0.3 is 4.74 Å². The van der Waals surface area contributed by atoms with E-state index < -0.39 is 4.92 Å². The SMILES string of the molecule is O=[N+]([O-])c1ccc(COc2ccc(Cl)cc2CBr)c(Br)c1. The van der Waals surface area contributed by atoms with E-state index in [1.807, 2.05) is 6.07 Å². The van der Waals surface area contributed by atoms with Gasteiger partial charge in [0.05, 0.1) is 4.92 Å². The van der Waals surface area contributed by atoms with Gasteiger partial charge in [-0.3, -0.25) is 10.1 Å². The average molecular weight is 435 g/mol. The number of hydrogen-bond donors (Lipinski definition) is 0. The molecule has 0 aliphatic carbocycles. The largest absolute Gasteiger partial charge is 0.489 e. The number of hydrogen-bond acceptors (Lipinski definition) is 3. The van der Waals surface area contributed by atoms with Crippen molar-refractivity contribution in [3.8, 4) is 5.75 Å². The smallest absolute Gasteiger partial charge is 0.270 e. The number of halogens is 3. The Hall–Kier alpha value is -1.11. The first-order valence-electron chi connectivity index (χ1n) is 5.91. The highest BCUT2D eigenvalue weighted by molar-refractivity contribution is 9.10. The third kappa shape index (κ3) is 4.18. The van der Waals surface area contributed by atoms with Crippen LogP contribution in [0.25, 0.3) is 0 Å². The van der Waals surface area contributed by atoms with Gasteiger partial charge >= 0.3 is 0 Å². The molecule has 0 aliphatic rings. The van der Waals surface area contributed by atoms with Gasteiger partial charge in [0, 0.05) is 38.1 Å². The van der Waals surface area contributed by atoms with Crippen LogP contribution in [-0.2, 0) is 11.9 Å². The van der Waals surface area contributed by atoms with Crippen molar-refractivity contribution >= 4 is 49.1 Å². The van der Waals surface area contributed by atoms with E-state index in [-0.39, 0.29) is 5.69 Å². The molecule has 0 spiro atoms. The summed E-state index contributed by atoms with van der Waals surface area (Å²) in [6.45, 7) is 0.306. The van der Waals surface area contributed by atoms with Crippen molar-refractivity contribution in [2.75, 3.05) is 0 Å². The van der Waals surface area contributed by atoms with Crippen molar-refractivity contribution in [3.63, 3.8) is 0 Å². The van der Waals surface area contributed by atoms with E-state index in [1.54, 1.807) is 18.2 Å². The summed E-state index contributed by atoms with van der Waals surface area (Å²) < 4.78 is 6.41. The highest BCUT2D eigenvalue weighted by Gasteiger charge is 2.10. The number of rotatable bonds is 5. The molecular weight excluding hydrogens is 425 g/mol. The summed E-state index contributed by atoms with van der Waals surface area (Å²) in [7, 11) is 0. The first-order chi connectivity index (χ1) is 10.0. The first-order valence-corrected chi connectivity index (χ1v) is 8.20. The molecule has 110 valence electrons. The number of nitro groups is 1. The summed E-state index contributed by atoms with van der Waals surface area (Å²) in [4.78, 5) is 10.3. The molecule has 0 heterocycles. The molecule has 0 unspecified atom stereocenters. The van der Waals surface area contributed by atoms with Gasteiger partial charge in [-0.25, -0.2) is 0 Å². The third-order valence-corrected chi connectivity index (χ3v) is 4.37. The number of nitro benzene ring substituents is 1. The average Bonchev–Trinajstić information content (AvgIpc) is 2.46. The van der Waals surface area contributed by atoms with Gasteiger partial charge in [-0.05, 0) is 24.3 Å². The normalized spacial score (nSPS) is 10.4. The Morgan fingerprint density at radius 1 is 1.19 bits per heavy atom. The maximum Gasteiger partial charge on any atom is 0.270 e. The van der Waals surface area contributed by atoms with Crippen LogP contribution in [0.2, 0.25) is 5.02 Å². The van der Waals surface area contributed by atoms with E-state index in [0.29, 0.717) is 21.4 Å². The second-order valence-corrected chi connectivity index (χ2v) is 6.06. The Labute approximate surface area is 143 Å². The Morgan fingerprint density at radius 2 is 1.95 bits per heavy atom. The number of non-ortho nitro benzene ring substituents is 1. The first kappa shape index (κ1) is 16.3. The number of alkyl halides is 1. The topological polar surface area (TPSA) is 52.4 Å². The van der Waals surface area contributed by atoms with Gasteiger partial charge in [-0.15, -0.1) is 0 Å². The van der Waals surface area contributed by atoms with E-state index in [1.165, 1.54) is 12.1 Å². The molecule has 7 heteroatoms. The fourth-order valence-corrected chi connectivity index (χ4v) is 2.83. The van der Waals surface area contributed by atoms with Crippen LogP contribution in [0.4, 0.5) is 5.69 Å². The molecular formula is C14H10Br2ClNO3. The number of ether oxygens (including phenoxy) is 1. The highest BCUT2D eigenvalue weighted by atomic mass is 79.9. The summed E-state index contributed by atoms with van der Waals surface area (Å²) in [6.07, 6.45) is 0. The van der Waals surface area contributed by atoms with Crippen LogP contribution in [0.15, 0.2) is 40.9 Å². The van der Waals surface area contributed by atoms with Gasteiger partial charge in [0.25, 0.3) is 5.69 Å². The summed E-state index contributed by atoms with van der Waals surface area (Å²) in [5, 5.41) is 12.0. The molecule has 0 atom stereocenters. The van der Waals surface area contributed by atoms with Crippen molar-refractivity contribution in [1.82, 2.24) is 0 Å². The Balaban J connectivity index is 2.15. The maximum absolute atomic E-state index is 10.7. The zero-order valence-electron chi connectivity index (χ0n) is 10.7. The molecule has 0 radical (unpaired) electrons. The van der Waals surface area contributed by atoms with E-state index >= 15 is 0 Å². The molecule has 2 aromatic rings. The van der Waals surface area contributed by atoms with Crippen LogP contribution in [-0.4, -0.2) is 4.92 Å². The summed E-state index contributed by atoms with van der Waals surface area (Å²) in [5.41, 5.74) is 1.81. The van der Waals surface area contributed by atoms with E-state index in [2.05, 4.69) is 31.9 Å². The lowest BCUT2D eigenvalue weighted by atomic mass is 10.2. The molecule has 2 aromatic carbocycles. The van der Waals surface area contributed by atoms with Crippen LogP contribution in [0, 0.1) is 10.1 Å². The summed E-state index contributed by atoms with van der Waals surface area (Å²) in [5.74, 6) is 0.724. The van der Waals surface area contributed by atoms with Gasteiger partial charge in [-0.2, -0.15) is 0 Å². The lowest BCUT2D eigenvalue weighted by Crippen LogP contribution is -1.99. The fourth-order valence-electron chi connectivity index (χ4n) is 1.72. The molecule has 4 nitrogen and oxygen atoms in total. The molecule has 0 saturated heterocycles. The monoisotopic (exact) mass is 433 g/mol. The third-order valence-electron chi connectivity index (χ3n) is 2.80. The summed E-state index contributed by atoms with van der Waals surface area (Å²) >= 11 is 12.6. The van der Waals surface area contributed by atoms with Gasteiger partial charge in [0.2, 0.25) is 0 Å². The molecule has 0 amide bonds. The number of nitrogens with zero attached hydrogens (tertiary/aromatic N) is 1. The standard InChI is InChI=1S/C14H10Br2ClNO3/c15-7-10-5-11(17)2-4-14(10)21-8-9-1-3-12(18(19)20)6-13(9)16/h1-6H,7-8H2. The fraction of sp³-hybridized carbons (Fsp3) is 0.143. The van der Waals surface area contributed by atoms with Crippen LogP contribution < -0.4 is 4.74 Å². The van der Waals surface area contributed by atoms with Gasteiger partial charge in [-0.1, -0.05) is 43.5 Å². The highest BCUT2D eigenvalue weighted by Crippen LogP contribution is 2.28. The molecule has 0 bridgehead atoms. The Bertz CT molecular complexity index is 679. The molecule has 0 saturated carbocycles. The predicted octanol–water partition coefficient (Wildman–Crippen LogP) is 5.48. The molecule has 0 fully saturated rings. The quantitative estimate of drug-likeness (QED) is 0.355. The van der Waals surface area contributed by atoms with E-state index in [0.717, 1.165) is 16.9 Å². The minimum atomic E-state index is -0.433. The van der Waals surface area contributed by atoms with E-state index in [4.69, 9.17) is 16.3 Å². The van der Waals surface area contributed by atoms with Crippen LogP contribution in [0.5, 0.6) is 5.75 Å². The molecule has 2 rings (SSSR count). The molecule has 0 N–H and O–H groups in total. The summed E-state index contributed by atoms with van der Waals surface area (Å²) in [6, 6.07) is 9.98. The van der Waals surface area contributed by atoms with Crippen molar-refractivity contribution in [1.29, 1.82) is 0 Å². The van der Waals surface area contributed by atoms with Crippen LogP contribution in [0.3, 0.4) is 0 Å². The van der Waals surface area contributed by atoms with Crippen LogP contribution in [0.1, 0.15) is 11.1 Å². The van der Waals surface area contributed by atoms with Crippen molar-refractivity contribution in [3.05, 3.63) is 67.1 Å². The lowest BCUT2D eigenvalue weighted by Gasteiger charge is -2.11. The lowest BCUT2D eigenvalue weighted by molar-refractivity contribution is -0.384.